The minimum Gasteiger partial charge on any atom is -0.461 e. The molecule has 0 aliphatic heterocycles. The van der Waals surface area contributed by atoms with Gasteiger partial charge in [-0.15, -0.1) is 0 Å². The summed E-state index contributed by atoms with van der Waals surface area (Å²) in [7, 11) is 1.95. The van der Waals surface area contributed by atoms with E-state index in [4.69, 9.17) is 4.74 Å². The number of aromatic nitrogens is 2. The highest BCUT2D eigenvalue weighted by molar-refractivity contribution is 14.1. The van der Waals surface area contributed by atoms with Crippen LogP contribution in [0, 0.1) is 3.70 Å². The van der Waals surface area contributed by atoms with E-state index >= 15 is 0 Å². The number of carbonyl (C=O) groups excluding carboxylic acids is 1. The number of rotatable bonds is 3. The Hall–Kier alpha value is -0.590. The Morgan fingerprint density at radius 1 is 1.67 bits per heavy atom. The summed E-state index contributed by atoms with van der Waals surface area (Å²) in [4.78, 5) is 15.9. The molecular weight excluding hydrogens is 307 g/mol. The van der Waals surface area contributed by atoms with Crippen LogP contribution in [0.4, 0.5) is 0 Å². The van der Waals surface area contributed by atoms with E-state index < -0.39 is 0 Å². The van der Waals surface area contributed by atoms with E-state index in [1.54, 1.807) is 6.92 Å². The third-order valence-corrected chi connectivity index (χ3v) is 3.71. The number of nitrogens with zero attached hydrogens (tertiary/aromatic N) is 2. The van der Waals surface area contributed by atoms with E-state index in [0.717, 1.165) is 9.53 Å². The summed E-state index contributed by atoms with van der Waals surface area (Å²) in [5.74, 6) is 1.25. The minimum absolute atomic E-state index is 0.315. The van der Waals surface area contributed by atoms with Crippen molar-refractivity contribution >= 4 is 28.6 Å². The quantitative estimate of drug-likeness (QED) is 0.633. The van der Waals surface area contributed by atoms with Gasteiger partial charge >= 0.3 is 5.97 Å². The highest BCUT2D eigenvalue weighted by atomic mass is 127. The summed E-state index contributed by atoms with van der Waals surface area (Å²) in [5.41, 5.74) is 0.460. The van der Waals surface area contributed by atoms with Crippen LogP contribution < -0.4 is 0 Å². The zero-order chi connectivity index (χ0) is 11.0. The number of halogens is 1. The fourth-order valence-electron chi connectivity index (χ4n) is 1.53. The molecule has 1 saturated carbocycles. The Morgan fingerprint density at radius 3 is 2.87 bits per heavy atom. The first-order valence-corrected chi connectivity index (χ1v) is 6.12. The molecule has 1 aromatic rings. The molecule has 0 saturated heterocycles. The third kappa shape index (κ3) is 2.02. The molecule has 2 rings (SSSR count). The van der Waals surface area contributed by atoms with Gasteiger partial charge in [0.2, 0.25) is 0 Å². The summed E-state index contributed by atoms with van der Waals surface area (Å²) in [6.45, 7) is 2.19. The molecule has 1 aliphatic carbocycles. The molecule has 0 aromatic carbocycles. The number of esters is 1. The third-order valence-electron chi connectivity index (χ3n) is 2.47. The Labute approximate surface area is 102 Å². The Kier molecular flexibility index (Phi) is 2.99. The first-order chi connectivity index (χ1) is 7.15. The van der Waals surface area contributed by atoms with Crippen LogP contribution in [0.25, 0.3) is 0 Å². The summed E-state index contributed by atoms with van der Waals surface area (Å²) >= 11 is 2.14. The molecule has 0 amide bonds. The molecule has 1 aromatic heterocycles. The number of hydrogen-bond acceptors (Lipinski definition) is 3. The highest BCUT2D eigenvalue weighted by Gasteiger charge is 2.31. The molecule has 4 nitrogen and oxygen atoms in total. The molecule has 1 heterocycles. The second kappa shape index (κ2) is 4.11. The highest BCUT2D eigenvalue weighted by Crippen LogP contribution is 2.40. The van der Waals surface area contributed by atoms with Crippen molar-refractivity contribution in [2.75, 3.05) is 6.61 Å². The van der Waals surface area contributed by atoms with Gasteiger partial charge < -0.3 is 9.30 Å². The molecular formula is C10H13IN2O2. The van der Waals surface area contributed by atoms with Crippen molar-refractivity contribution in [1.29, 1.82) is 0 Å². The molecule has 15 heavy (non-hydrogen) atoms. The van der Waals surface area contributed by atoms with Gasteiger partial charge in [-0.25, -0.2) is 9.78 Å². The molecule has 5 heteroatoms. The van der Waals surface area contributed by atoms with Crippen LogP contribution in [0.15, 0.2) is 0 Å². The summed E-state index contributed by atoms with van der Waals surface area (Å²) in [6, 6.07) is 0. The summed E-state index contributed by atoms with van der Waals surface area (Å²) in [5, 5.41) is 0. The van der Waals surface area contributed by atoms with Crippen LogP contribution in [-0.2, 0) is 11.8 Å². The molecule has 0 N–H and O–H groups in total. The maximum absolute atomic E-state index is 11.6. The minimum atomic E-state index is -0.315. The average Bonchev–Trinajstić information content (AvgIpc) is 2.98. The van der Waals surface area contributed by atoms with Crippen LogP contribution in [0.1, 0.15) is 42.0 Å². The maximum Gasteiger partial charge on any atom is 0.359 e. The van der Waals surface area contributed by atoms with Crippen molar-refractivity contribution in [3.05, 3.63) is 15.2 Å². The van der Waals surface area contributed by atoms with Crippen molar-refractivity contribution in [1.82, 2.24) is 9.55 Å². The molecule has 0 radical (unpaired) electrons. The lowest BCUT2D eigenvalue weighted by Gasteiger charge is -1.99. The van der Waals surface area contributed by atoms with Gasteiger partial charge in [-0.1, -0.05) is 0 Å². The first kappa shape index (κ1) is 10.9. The zero-order valence-electron chi connectivity index (χ0n) is 8.79. The second-order valence-corrected chi connectivity index (χ2v) is 4.68. The van der Waals surface area contributed by atoms with Gasteiger partial charge in [0.05, 0.1) is 6.61 Å². The second-order valence-electron chi connectivity index (χ2n) is 3.66. The monoisotopic (exact) mass is 320 g/mol. The van der Waals surface area contributed by atoms with E-state index in [1.165, 1.54) is 12.8 Å². The van der Waals surface area contributed by atoms with Crippen molar-refractivity contribution in [2.45, 2.75) is 25.7 Å². The van der Waals surface area contributed by atoms with E-state index in [1.807, 2.05) is 11.6 Å². The van der Waals surface area contributed by atoms with Crippen molar-refractivity contribution in [3.8, 4) is 0 Å². The van der Waals surface area contributed by atoms with Crippen molar-refractivity contribution in [2.24, 2.45) is 7.05 Å². The molecule has 0 atom stereocenters. The lowest BCUT2D eigenvalue weighted by atomic mass is 10.4. The van der Waals surface area contributed by atoms with Gasteiger partial charge in [0.15, 0.2) is 5.69 Å². The predicted octanol–water partition coefficient (Wildman–Crippen LogP) is 2.08. The standard InChI is InChI=1S/C10H13IN2O2/c1-3-15-10(14)7-8(11)13(2)9(12-7)6-4-5-6/h6H,3-5H2,1-2H3. The molecule has 0 unspecified atom stereocenters. The van der Waals surface area contributed by atoms with Crippen LogP contribution in [-0.4, -0.2) is 22.1 Å². The lowest BCUT2D eigenvalue weighted by molar-refractivity contribution is 0.0518. The normalized spacial score (nSPS) is 15.4. The van der Waals surface area contributed by atoms with Crippen LogP contribution in [0.3, 0.4) is 0 Å². The number of hydrogen-bond donors (Lipinski definition) is 0. The topological polar surface area (TPSA) is 44.1 Å². The van der Waals surface area contributed by atoms with Crippen LogP contribution in [0.5, 0.6) is 0 Å². The van der Waals surface area contributed by atoms with Crippen molar-refractivity contribution in [3.63, 3.8) is 0 Å². The average molecular weight is 320 g/mol. The Morgan fingerprint density at radius 2 is 2.33 bits per heavy atom. The van der Waals surface area contributed by atoms with Gasteiger partial charge in [-0.2, -0.15) is 0 Å². The first-order valence-electron chi connectivity index (χ1n) is 5.04. The van der Waals surface area contributed by atoms with E-state index in [9.17, 15) is 4.79 Å². The number of carbonyl (C=O) groups is 1. The van der Waals surface area contributed by atoms with Gasteiger partial charge in [0.25, 0.3) is 0 Å². The fraction of sp³-hybridized carbons (Fsp3) is 0.600. The molecule has 0 spiro atoms. The van der Waals surface area contributed by atoms with Gasteiger partial charge in [-0.3, -0.25) is 0 Å². The van der Waals surface area contributed by atoms with Gasteiger partial charge in [-0.05, 0) is 42.4 Å². The Bertz CT molecular complexity index is 396. The zero-order valence-corrected chi connectivity index (χ0v) is 10.9. The van der Waals surface area contributed by atoms with Crippen LogP contribution in [0.2, 0.25) is 0 Å². The van der Waals surface area contributed by atoms with E-state index in [2.05, 4.69) is 27.6 Å². The van der Waals surface area contributed by atoms with Crippen LogP contribution >= 0.6 is 22.6 Å². The summed E-state index contributed by atoms with van der Waals surface area (Å²) < 4.78 is 7.82. The van der Waals surface area contributed by atoms with Gasteiger partial charge in [0, 0.05) is 13.0 Å². The maximum atomic E-state index is 11.6. The van der Waals surface area contributed by atoms with Gasteiger partial charge in [0.1, 0.15) is 9.53 Å². The fourth-order valence-corrected chi connectivity index (χ4v) is 2.12. The largest absolute Gasteiger partial charge is 0.461 e. The Balaban J connectivity index is 2.31. The molecule has 82 valence electrons. The SMILES string of the molecule is CCOC(=O)c1nc(C2CC2)n(C)c1I. The smallest absolute Gasteiger partial charge is 0.359 e. The van der Waals surface area contributed by atoms with E-state index in [-0.39, 0.29) is 5.97 Å². The lowest BCUT2D eigenvalue weighted by Crippen LogP contribution is -2.07. The molecule has 1 fully saturated rings. The van der Waals surface area contributed by atoms with Crippen molar-refractivity contribution < 1.29 is 9.53 Å². The van der Waals surface area contributed by atoms with E-state index in [0.29, 0.717) is 18.2 Å². The molecule has 1 aliphatic rings. The number of imidazole rings is 1. The predicted molar refractivity (Wildman–Crippen MR) is 63.9 cm³/mol. The summed E-state index contributed by atoms with van der Waals surface area (Å²) in [6.07, 6.45) is 2.37. The molecule has 0 bridgehead atoms. The number of ether oxygens (including phenoxy) is 1.